The minimum absolute atomic E-state index is 0.174. The van der Waals surface area contributed by atoms with Crippen molar-refractivity contribution in [3.05, 3.63) is 46.8 Å². The second kappa shape index (κ2) is 6.81. The maximum atomic E-state index is 13.0. The largest absolute Gasteiger partial charge is 0.316 e. The van der Waals surface area contributed by atoms with Gasteiger partial charge in [-0.1, -0.05) is 17.7 Å². The first kappa shape index (κ1) is 14.9. The Kier molecular flexibility index (Phi) is 5.09. The molecule has 2 rings (SSSR count). The third-order valence-electron chi connectivity index (χ3n) is 3.31. The second-order valence-corrected chi connectivity index (χ2v) is 5.03. The summed E-state index contributed by atoms with van der Waals surface area (Å²) in [5, 5.41) is 7.87. The zero-order chi connectivity index (χ0) is 14.5. The summed E-state index contributed by atoms with van der Waals surface area (Å²) in [7, 11) is 1.90. The molecule has 1 heterocycles. The molecule has 1 N–H and O–H groups in total. The number of likely N-dealkylation sites (N-methyl/N-ethyl adjacent to an activating group) is 1. The van der Waals surface area contributed by atoms with Gasteiger partial charge >= 0.3 is 0 Å². The van der Waals surface area contributed by atoms with Gasteiger partial charge in [-0.25, -0.2) is 9.37 Å². The fourth-order valence-corrected chi connectivity index (χ4v) is 2.40. The number of nitrogens with zero attached hydrogens (tertiary/aromatic N) is 3. The van der Waals surface area contributed by atoms with E-state index in [2.05, 4.69) is 15.4 Å². The highest BCUT2D eigenvalue weighted by Gasteiger charge is 2.14. The Morgan fingerprint density at radius 2 is 2.20 bits per heavy atom. The summed E-state index contributed by atoms with van der Waals surface area (Å²) in [6.45, 7) is 2.83. The maximum Gasteiger partial charge on any atom is 0.138 e. The monoisotopic (exact) mass is 296 g/mol. The molecular weight excluding hydrogens is 279 g/mol. The molecule has 0 aliphatic heterocycles. The van der Waals surface area contributed by atoms with Crippen LogP contribution in [-0.2, 0) is 19.4 Å². The number of benzene rings is 1. The van der Waals surface area contributed by atoms with Crippen molar-refractivity contribution in [1.82, 2.24) is 20.1 Å². The van der Waals surface area contributed by atoms with Crippen LogP contribution in [0.5, 0.6) is 0 Å². The molecule has 0 bridgehead atoms. The summed E-state index contributed by atoms with van der Waals surface area (Å²) in [5.41, 5.74) is 0.926. The minimum atomic E-state index is -0.314. The van der Waals surface area contributed by atoms with Gasteiger partial charge in [-0.15, -0.1) is 0 Å². The summed E-state index contributed by atoms with van der Waals surface area (Å²) in [6.07, 6.45) is 3.03. The molecule has 20 heavy (non-hydrogen) atoms. The van der Waals surface area contributed by atoms with Crippen LogP contribution in [-0.4, -0.2) is 27.9 Å². The van der Waals surface area contributed by atoms with E-state index in [1.165, 1.54) is 12.1 Å². The fraction of sp³-hybridized carbons (Fsp3) is 0.429. The van der Waals surface area contributed by atoms with Crippen molar-refractivity contribution in [1.29, 1.82) is 0 Å². The Morgan fingerprint density at radius 3 is 2.85 bits per heavy atom. The van der Waals surface area contributed by atoms with E-state index in [4.69, 9.17) is 11.6 Å². The molecule has 1 aromatic carbocycles. The lowest BCUT2D eigenvalue weighted by atomic mass is 10.0. The third kappa shape index (κ3) is 3.55. The Hall–Kier alpha value is -1.46. The zero-order valence-electron chi connectivity index (χ0n) is 11.6. The van der Waals surface area contributed by atoms with E-state index in [0.29, 0.717) is 11.4 Å². The first-order chi connectivity index (χ1) is 9.63. The van der Waals surface area contributed by atoms with Crippen LogP contribution in [0.15, 0.2) is 24.5 Å². The number of halogens is 2. The van der Waals surface area contributed by atoms with Gasteiger partial charge in [0.25, 0.3) is 0 Å². The molecule has 0 amide bonds. The number of rotatable bonds is 6. The Balaban J connectivity index is 2.09. The molecule has 108 valence electrons. The molecule has 6 heteroatoms. The third-order valence-corrected chi connectivity index (χ3v) is 3.67. The number of hydrogen-bond acceptors (Lipinski definition) is 3. The summed E-state index contributed by atoms with van der Waals surface area (Å²) >= 11 is 6.07. The van der Waals surface area contributed by atoms with E-state index in [9.17, 15) is 4.39 Å². The highest BCUT2D eigenvalue weighted by atomic mass is 35.5. The topological polar surface area (TPSA) is 42.7 Å². The first-order valence-electron chi connectivity index (χ1n) is 6.62. The predicted molar refractivity (Wildman–Crippen MR) is 77.4 cm³/mol. The van der Waals surface area contributed by atoms with Crippen LogP contribution in [0, 0.1) is 5.82 Å². The Morgan fingerprint density at radius 1 is 1.40 bits per heavy atom. The van der Waals surface area contributed by atoms with Crippen LogP contribution in [0.4, 0.5) is 4.39 Å². The van der Waals surface area contributed by atoms with Crippen molar-refractivity contribution in [2.45, 2.75) is 32.4 Å². The first-order valence-corrected chi connectivity index (χ1v) is 6.99. The quantitative estimate of drug-likeness (QED) is 0.890. The van der Waals surface area contributed by atoms with Crippen molar-refractivity contribution in [2.75, 3.05) is 7.05 Å². The van der Waals surface area contributed by atoms with Crippen LogP contribution in [0.25, 0.3) is 0 Å². The average molecular weight is 297 g/mol. The van der Waals surface area contributed by atoms with Crippen LogP contribution in [0.1, 0.15) is 18.3 Å². The van der Waals surface area contributed by atoms with Gasteiger partial charge in [0.1, 0.15) is 18.0 Å². The van der Waals surface area contributed by atoms with Crippen molar-refractivity contribution in [3.63, 3.8) is 0 Å². The molecule has 0 radical (unpaired) electrons. The summed E-state index contributed by atoms with van der Waals surface area (Å²) in [6, 6.07) is 4.68. The summed E-state index contributed by atoms with van der Waals surface area (Å²) in [5.74, 6) is 0.621. The van der Waals surface area contributed by atoms with Gasteiger partial charge < -0.3 is 5.32 Å². The minimum Gasteiger partial charge on any atom is -0.316 e. The average Bonchev–Trinajstić information content (AvgIpc) is 2.88. The van der Waals surface area contributed by atoms with E-state index in [-0.39, 0.29) is 11.9 Å². The van der Waals surface area contributed by atoms with Crippen molar-refractivity contribution in [3.8, 4) is 0 Å². The SMILES string of the molecule is CCn1ncnc1CC(Cc1ccc(F)cc1Cl)NC. The van der Waals surface area contributed by atoms with E-state index < -0.39 is 0 Å². The lowest BCUT2D eigenvalue weighted by molar-refractivity contribution is 0.513. The lowest BCUT2D eigenvalue weighted by Crippen LogP contribution is -2.31. The second-order valence-electron chi connectivity index (χ2n) is 4.62. The van der Waals surface area contributed by atoms with Crippen LogP contribution < -0.4 is 5.32 Å². The molecule has 0 saturated carbocycles. The van der Waals surface area contributed by atoms with Gasteiger partial charge in [-0.05, 0) is 38.1 Å². The molecule has 1 aromatic heterocycles. The standard InChI is InChI=1S/C14H18ClFN4/c1-3-20-14(18-9-19-20)8-12(17-2)6-10-4-5-11(16)7-13(10)15/h4-5,7,9,12,17H,3,6,8H2,1-2H3. The van der Waals surface area contributed by atoms with Gasteiger partial charge in [-0.3, -0.25) is 4.68 Å². The van der Waals surface area contributed by atoms with Crippen molar-refractivity contribution >= 4 is 11.6 Å². The van der Waals surface area contributed by atoms with Crippen molar-refractivity contribution in [2.24, 2.45) is 0 Å². The van der Waals surface area contributed by atoms with Crippen LogP contribution in [0.3, 0.4) is 0 Å². The number of aryl methyl sites for hydroxylation is 1. The lowest BCUT2D eigenvalue weighted by Gasteiger charge is -2.17. The number of aromatic nitrogens is 3. The Labute approximate surface area is 123 Å². The molecule has 1 unspecified atom stereocenters. The molecule has 1 atom stereocenters. The maximum absolute atomic E-state index is 13.0. The van der Waals surface area contributed by atoms with Crippen LogP contribution in [0.2, 0.25) is 5.02 Å². The molecule has 0 saturated heterocycles. The highest BCUT2D eigenvalue weighted by Crippen LogP contribution is 2.19. The highest BCUT2D eigenvalue weighted by molar-refractivity contribution is 6.31. The number of hydrogen-bond donors (Lipinski definition) is 1. The van der Waals surface area contributed by atoms with E-state index in [0.717, 1.165) is 24.4 Å². The Bertz CT molecular complexity index is 570. The normalized spacial score (nSPS) is 12.6. The van der Waals surface area contributed by atoms with Gasteiger partial charge in [-0.2, -0.15) is 5.10 Å². The van der Waals surface area contributed by atoms with E-state index in [1.807, 2.05) is 18.7 Å². The molecule has 0 spiro atoms. The van der Waals surface area contributed by atoms with Crippen LogP contribution >= 0.6 is 11.6 Å². The van der Waals surface area contributed by atoms with E-state index >= 15 is 0 Å². The molecule has 4 nitrogen and oxygen atoms in total. The van der Waals surface area contributed by atoms with Gasteiger partial charge in [0.2, 0.25) is 0 Å². The smallest absolute Gasteiger partial charge is 0.138 e. The predicted octanol–water partition coefficient (Wildman–Crippen LogP) is 2.46. The zero-order valence-corrected chi connectivity index (χ0v) is 12.4. The molecular formula is C14H18ClFN4. The van der Waals surface area contributed by atoms with Crippen molar-refractivity contribution < 1.29 is 4.39 Å². The summed E-state index contributed by atoms with van der Waals surface area (Å²) in [4.78, 5) is 4.27. The van der Waals surface area contributed by atoms with Gasteiger partial charge in [0, 0.05) is 24.0 Å². The fourth-order valence-electron chi connectivity index (χ4n) is 2.16. The molecule has 0 aliphatic rings. The molecule has 0 aliphatic carbocycles. The molecule has 2 aromatic rings. The van der Waals surface area contributed by atoms with Gasteiger partial charge in [0.05, 0.1) is 0 Å². The molecule has 0 fully saturated rings. The number of nitrogens with one attached hydrogen (secondary N) is 1. The van der Waals surface area contributed by atoms with Gasteiger partial charge in [0.15, 0.2) is 0 Å². The summed E-state index contributed by atoms with van der Waals surface area (Å²) < 4.78 is 14.9. The van der Waals surface area contributed by atoms with E-state index in [1.54, 1.807) is 12.4 Å².